The van der Waals surface area contributed by atoms with Gasteiger partial charge in [-0.3, -0.25) is 9.59 Å². The minimum absolute atomic E-state index is 0.0393. The third kappa shape index (κ3) is 3.20. The Bertz CT molecular complexity index is 824. The van der Waals surface area contributed by atoms with Crippen molar-refractivity contribution in [2.75, 3.05) is 26.2 Å². The van der Waals surface area contributed by atoms with Crippen molar-refractivity contribution < 1.29 is 9.59 Å². The average molecular weight is 354 g/mol. The maximum absolute atomic E-state index is 12.9. The van der Waals surface area contributed by atoms with Gasteiger partial charge in [0.2, 0.25) is 5.91 Å². The van der Waals surface area contributed by atoms with Crippen LogP contribution in [0.5, 0.6) is 0 Å². The number of imidazole rings is 1. The van der Waals surface area contributed by atoms with Gasteiger partial charge in [-0.05, 0) is 37.5 Å². The summed E-state index contributed by atoms with van der Waals surface area (Å²) < 4.78 is 0. The molecular weight excluding hydrogens is 328 g/mol. The normalized spacial score (nSPS) is 18.7. The molecule has 1 N–H and O–H groups in total. The summed E-state index contributed by atoms with van der Waals surface area (Å²) in [5.41, 5.74) is 2.48. The lowest BCUT2D eigenvalue weighted by Gasteiger charge is -2.31. The van der Waals surface area contributed by atoms with Gasteiger partial charge < -0.3 is 14.8 Å². The number of hydrogen-bond donors (Lipinski definition) is 1. The van der Waals surface area contributed by atoms with Gasteiger partial charge in [0.15, 0.2) is 0 Å². The summed E-state index contributed by atoms with van der Waals surface area (Å²) in [7, 11) is 0. The Morgan fingerprint density at radius 2 is 1.88 bits per heavy atom. The molecular formula is C20H26N4O2. The number of aromatic nitrogens is 2. The van der Waals surface area contributed by atoms with Crippen molar-refractivity contribution in [3.05, 3.63) is 29.6 Å². The van der Waals surface area contributed by atoms with E-state index in [-0.39, 0.29) is 17.7 Å². The quantitative estimate of drug-likeness (QED) is 0.921. The highest BCUT2D eigenvalue weighted by molar-refractivity contribution is 5.97. The third-order valence-electron chi connectivity index (χ3n) is 5.66. The van der Waals surface area contributed by atoms with Gasteiger partial charge in [0.1, 0.15) is 5.82 Å². The Morgan fingerprint density at radius 3 is 2.62 bits per heavy atom. The number of hydrogen-bond acceptors (Lipinski definition) is 3. The Kier molecular flexibility index (Phi) is 4.66. The van der Waals surface area contributed by atoms with E-state index in [2.05, 4.69) is 16.9 Å². The fourth-order valence-electron chi connectivity index (χ4n) is 3.80. The highest BCUT2D eigenvalue weighted by Crippen LogP contribution is 2.28. The van der Waals surface area contributed by atoms with Crippen molar-refractivity contribution in [1.29, 1.82) is 0 Å². The van der Waals surface area contributed by atoms with E-state index in [1.165, 1.54) is 6.42 Å². The number of nitrogens with zero attached hydrogens (tertiary/aromatic N) is 3. The predicted molar refractivity (Wildman–Crippen MR) is 99.9 cm³/mol. The highest BCUT2D eigenvalue weighted by Gasteiger charge is 2.31. The van der Waals surface area contributed by atoms with Gasteiger partial charge in [-0.1, -0.05) is 13.3 Å². The van der Waals surface area contributed by atoms with E-state index < -0.39 is 0 Å². The average Bonchev–Trinajstić information content (AvgIpc) is 2.86. The van der Waals surface area contributed by atoms with Crippen LogP contribution in [0.25, 0.3) is 11.0 Å². The number of benzene rings is 1. The molecule has 0 radical (unpaired) electrons. The summed E-state index contributed by atoms with van der Waals surface area (Å²) in [5.74, 6) is 1.49. The Balaban J connectivity index is 1.45. The molecule has 26 heavy (non-hydrogen) atoms. The van der Waals surface area contributed by atoms with Gasteiger partial charge in [-0.2, -0.15) is 0 Å². The highest BCUT2D eigenvalue weighted by atomic mass is 16.2. The lowest BCUT2D eigenvalue weighted by atomic mass is 9.84. The van der Waals surface area contributed by atoms with Gasteiger partial charge in [0.25, 0.3) is 5.91 Å². The van der Waals surface area contributed by atoms with E-state index in [4.69, 9.17) is 0 Å². The summed E-state index contributed by atoms with van der Waals surface area (Å²) in [6.07, 6.45) is 4.92. The molecule has 1 saturated heterocycles. The number of aryl methyl sites for hydroxylation is 1. The van der Waals surface area contributed by atoms with Crippen molar-refractivity contribution in [2.45, 2.75) is 39.0 Å². The number of aromatic amines is 1. The van der Waals surface area contributed by atoms with Crippen LogP contribution >= 0.6 is 0 Å². The van der Waals surface area contributed by atoms with Crippen LogP contribution in [0.1, 0.15) is 48.8 Å². The molecule has 2 fully saturated rings. The number of H-pyrrole nitrogens is 1. The van der Waals surface area contributed by atoms with Gasteiger partial charge in [0.05, 0.1) is 11.0 Å². The summed E-state index contributed by atoms with van der Waals surface area (Å²) >= 11 is 0. The second kappa shape index (κ2) is 7.09. The fraction of sp³-hybridized carbons (Fsp3) is 0.550. The van der Waals surface area contributed by atoms with E-state index in [1.807, 2.05) is 28.0 Å². The van der Waals surface area contributed by atoms with Crippen LogP contribution in [-0.4, -0.2) is 57.8 Å². The molecule has 6 nitrogen and oxygen atoms in total. The molecule has 0 atom stereocenters. The van der Waals surface area contributed by atoms with Crippen LogP contribution < -0.4 is 0 Å². The summed E-state index contributed by atoms with van der Waals surface area (Å²) in [4.78, 5) is 37.0. The number of rotatable bonds is 3. The lowest BCUT2D eigenvalue weighted by Crippen LogP contribution is -2.41. The van der Waals surface area contributed by atoms with Crippen LogP contribution in [0.15, 0.2) is 18.2 Å². The van der Waals surface area contributed by atoms with Gasteiger partial charge >= 0.3 is 0 Å². The lowest BCUT2D eigenvalue weighted by molar-refractivity contribution is -0.138. The Morgan fingerprint density at radius 1 is 1.12 bits per heavy atom. The van der Waals surface area contributed by atoms with E-state index in [9.17, 15) is 9.59 Å². The van der Waals surface area contributed by atoms with E-state index in [0.717, 1.165) is 49.1 Å². The first-order valence-electron chi connectivity index (χ1n) is 9.72. The standard InChI is InChI=1S/C20H26N4O2/c1-2-18-21-16-8-7-15(13-17(16)22-18)20(26)24-10-4-9-23(11-12-24)19(25)14-5-3-6-14/h7-8,13-14H,2-6,9-12H2,1H3,(H,21,22). The fourth-order valence-corrected chi connectivity index (χ4v) is 3.80. The second-order valence-electron chi connectivity index (χ2n) is 7.37. The molecule has 0 bridgehead atoms. The molecule has 2 aliphatic rings. The molecule has 6 heteroatoms. The number of fused-ring (bicyclic) bond motifs is 1. The molecule has 2 heterocycles. The smallest absolute Gasteiger partial charge is 0.253 e. The van der Waals surface area contributed by atoms with Crippen molar-refractivity contribution >= 4 is 22.8 Å². The maximum Gasteiger partial charge on any atom is 0.253 e. The Labute approximate surface area is 153 Å². The molecule has 2 aromatic rings. The van der Waals surface area contributed by atoms with Crippen molar-refractivity contribution in [2.24, 2.45) is 5.92 Å². The molecule has 1 aliphatic heterocycles. The van der Waals surface area contributed by atoms with Crippen molar-refractivity contribution in [3.8, 4) is 0 Å². The minimum atomic E-state index is 0.0393. The van der Waals surface area contributed by atoms with Crippen LogP contribution in [0, 0.1) is 5.92 Å². The minimum Gasteiger partial charge on any atom is -0.342 e. The Hall–Kier alpha value is -2.37. The topological polar surface area (TPSA) is 69.3 Å². The molecule has 2 amide bonds. The molecule has 0 unspecified atom stereocenters. The first-order chi connectivity index (χ1) is 12.7. The molecule has 1 aliphatic carbocycles. The van der Waals surface area contributed by atoms with Crippen LogP contribution in [-0.2, 0) is 11.2 Å². The largest absolute Gasteiger partial charge is 0.342 e. The van der Waals surface area contributed by atoms with Gasteiger partial charge in [0, 0.05) is 44.1 Å². The maximum atomic E-state index is 12.9. The molecule has 1 aromatic carbocycles. The van der Waals surface area contributed by atoms with E-state index >= 15 is 0 Å². The van der Waals surface area contributed by atoms with Gasteiger partial charge in [-0.15, -0.1) is 0 Å². The van der Waals surface area contributed by atoms with E-state index in [0.29, 0.717) is 25.2 Å². The second-order valence-corrected chi connectivity index (χ2v) is 7.37. The first kappa shape index (κ1) is 17.1. The third-order valence-corrected chi connectivity index (χ3v) is 5.66. The molecule has 1 saturated carbocycles. The zero-order valence-corrected chi connectivity index (χ0v) is 15.3. The van der Waals surface area contributed by atoms with E-state index in [1.54, 1.807) is 0 Å². The SMILES string of the molecule is CCc1nc2ccc(C(=O)N3CCCN(C(=O)C4CCC4)CC3)cc2[nH]1. The number of carbonyl (C=O) groups excluding carboxylic acids is 2. The van der Waals surface area contributed by atoms with Crippen LogP contribution in [0.3, 0.4) is 0 Å². The number of carbonyl (C=O) groups is 2. The summed E-state index contributed by atoms with van der Waals surface area (Å²) in [6, 6.07) is 5.65. The number of nitrogens with one attached hydrogen (secondary N) is 1. The van der Waals surface area contributed by atoms with Crippen molar-refractivity contribution in [3.63, 3.8) is 0 Å². The molecule has 138 valence electrons. The summed E-state index contributed by atoms with van der Waals surface area (Å²) in [5, 5.41) is 0. The zero-order chi connectivity index (χ0) is 18.1. The molecule has 1 aromatic heterocycles. The van der Waals surface area contributed by atoms with Crippen LogP contribution in [0.2, 0.25) is 0 Å². The zero-order valence-electron chi connectivity index (χ0n) is 15.3. The van der Waals surface area contributed by atoms with Gasteiger partial charge in [-0.25, -0.2) is 4.98 Å². The monoisotopic (exact) mass is 354 g/mol. The summed E-state index contributed by atoms with van der Waals surface area (Å²) in [6.45, 7) is 4.77. The predicted octanol–water partition coefficient (Wildman–Crippen LogP) is 2.60. The van der Waals surface area contributed by atoms with Crippen molar-refractivity contribution in [1.82, 2.24) is 19.8 Å². The molecule has 0 spiro atoms. The first-order valence-corrected chi connectivity index (χ1v) is 9.72. The number of amides is 2. The van der Waals surface area contributed by atoms with Crippen LogP contribution in [0.4, 0.5) is 0 Å². The molecule has 4 rings (SSSR count).